The zero-order chi connectivity index (χ0) is 10.6. The van der Waals surface area contributed by atoms with Gasteiger partial charge in [-0.1, -0.05) is 12.3 Å². The molecule has 1 amide bonds. The van der Waals surface area contributed by atoms with Crippen LogP contribution >= 0.6 is 0 Å². The van der Waals surface area contributed by atoms with E-state index in [4.69, 9.17) is 12.2 Å². The molecular formula is C11H18N2O. The van der Waals surface area contributed by atoms with E-state index in [2.05, 4.69) is 5.92 Å². The Balaban J connectivity index is 2.55. The number of hydrogen-bond donors (Lipinski definition) is 1. The van der Waals surface area contributed by atoms with Gasteiger partial charge in [0.2, 0.25) is 5.91 Å². The molecule has 0 aromatic rings. The Bertz CT molecular complexity index is 244. The second-order valence-corrected chi connectivity index (χ2v) is 3.88. The molecule has 0 aromatic carbocycles. The lowest BCUT2D eigenvalue weighted by Gasteiger charge is -2.28. The van der Waals surface area contributed by atoms with E-state index in [0.717, 1.165) is 12.8 Å². The fourth-order valence-electron chi connectivity index (χ4n) is 2.20. The van der Waals surface area contributed by atoms with Crippen LogP contribution in [0.3, 0.4) is 0 Å². The summed E-state index contributed by atoms with van der Waals surface area (Å²) in [7, 11) is 1.83. The van der Waals surface area contributed by atoms with Crippen molar-refractivity contribution in [3.05, 3.63) is 0 Å². The Morgan fingerprint density at radius 2 is 2.36 bits per heavy atom. The standard InChI is InChI=1S/C11H18N2O/c1-3-5-11(14)13(2)10-7-4-6-9(10)8-12/h1,9-10H,4-8,12H2,2H3. The molecule has 1 aliphatic carbocycles. The molecule has 14 heavy (non-hydrogen) atoms. The Morgan fingerprint density at radius 1 is 1.64 bits per heavy atom. The van der Waals surface area contributed by atoms with Gasteiger partial charge in [0.1, 0.15) is 0 Å². The molecule has 1 rings (SSSR count). The third kappa shape index (κ3) is 2.27. The van der Waals surface area contributed by atoms with Crippen molar-refractivity contribution in [1.82, 2.24) is 4.90 Å². The molecular weight excluding hydrogens is 176 g/mol. The molecule has 2 unspecified atom stereocenters. The average Bonchev–Trinajstić information content (AvgIpc) is 2.64. The Hall–Kier alpha value is -1.01. The monoisotopic (exact) mass is 194 g/mol. The van der Waals surface area contributed by atoms with Gasteiger partial charge in [-0.2, -0.15) is 0 Å². The Kier molecular flexibility index (Phi) is 3.97. The number of nitrogens with zero attached hydrogens (tertiary/aromatic N) is 1. The summed E-state index contributed by atoms with van der Waals surface area (Å²) in [5.74, 6) is 2.88. The number of carbonyl (C=O) groups is 1. The predicted molar refractivity (Wildman–Crippen MR) is 56.4 cm³/mol. The van der Waals surface area contributed by atoms with Crippen molar-refractivity contribution in [3.8, 4) is 12.3 Å². The van der Waals surface area contributed by atoms with Crippen LogP contribution in [0.15, 0.2) is 0 Å². The molecule has 1 fully saturated rings. The highest BCUT2D eigenvalue weighted by Crippen LogP contribution is 2.28. The number of terminal acetylenes is 1. The van der Waals surface area contributed by atoms with Gasteiger partial charge in [-0.15, -0.1) is 6.42 Å². The molecule has 0 aromatic heterocycles. The van der Waals surface area contributed by atoms with Gasteiger partial charge in [-0.25, -0.2) is 0 Å². The average molecular weight is 194 g/mol. The minimum Gasteiger partial charge on any atom is -0.342 e. The Morgan fingerprint density at radius 3 is 2.93 bits per heavy atom. The van der Waals surface area contributed by atoms with Crippen molar-refractivity contribution in [2.45, 2.75) is 31.7 Å². The highest BCUT2D eigenvalue weighted by atomic mass is 16.2. The van der Waals surface area contributed by atoms with Crippen LogP contribution in [0.5, 0.6) is 0 Å². The lowest BCUT2D eigenvalue weighted by atomic mass is 10.0. The van der Waals surface area contributed by atoms with E-state index in [1.807, 2.05) is 7.05 Å². The third-order valence-electron chi connectivity index (χ3n) is 3.07. The first-order valence-electron chi connectivity index (χ1n) is 5.10. The highest BCUT2D eigenvalue weighted by Gasteiger charge is 2.31. The maximum absolute atomic E-state index is 11.5. The predicted octanol–water partition coefficient (Wildman–Crippen LogP) is 0.596. The summed E-state index contributed by atoms with van der Waals surface area (Å²) in [6, 6.07) is 0.306. The fraction of sp³-hybridized carbons (Fsp3) is 0.727. The molecule has 2 atom stereocenters. The number of rotatable bonds is 3. The van der Waals surface area contributed by atoms with E-state index in [9.17, 15) is 4.79 Å². The minimum absolute atomic E-state index is 0.0397. The molecule has 78 valence electrons. The largest absolute Gasteiger partial charge is 0.342 e. The van der Waals surface area contributed by atoms with Gasteiger partial charge in [-0.3, -0.25) is 4.79 Å². The van der Waals surface area contributed by atoms with Crippen LogP contribution in [0.1, 0.15) is 25.7 Å². The zero-order valence-corrected chi connectivity index (χ0v) is 8.70. The Labute approximate surface area is 85.6 Å². The number of amides is 1. The maximum Gasteiger partial charge on any atom is 0.234 e. The first-order valence-corrected chi connectivity index (χ1v) is 5.10. The summed E-state index contributed by atoms with van der Waals surface area (Å²) in [6.45, 7) is 0.665. The summed E-state index contributed by atoms with van der Waals surface area (Å²) in [5.41, 5.74) is 5.66. The van der Waals surface area contributed by atoms with E-state index in [-0.39, 0.29) is 12.3 Å². The summed E-state index contributed by atoms with van der Waals surface area (Å²) >= 11 is 0. The van der Waals surface area contributed by atoms with Crippen molar-refractivity contribution < 1.29 is 4.79 Å². The molecule has 2 N–H and O–H groups in total. The van der Waals surface area contributed by atoms with Crippen LogP contribution in [0, 0.1) is 18.3 Å². The van der Waals surface area contributed by atoms with E-state index < -0.39 is 0 Å². The highest BCUT2D eigenvalue weighted by molar-refractivity contribution is 5.78. The van der Waals surface area contributed by atoms with Crippen molar-refractivity contribution >= 4 is 5.91 Å². The van der Waals surface area contributed by atoms with Crippen LogP contribution < -0.4 is 5.73 Å². The van der Waals surface area contributed by atoms with Crippen LogP contribution in [-0.2, 0) is 4.79 Å². The first-order chi connectivity index (χ1) is 6.70. The molecule has 3 nitrogen and oxygen atoms in total. The van der Waals surface area contributed by atoms with Crippen molar-refractivity contribution in [2.24, 2.45) is 11.7 Å². The SMILES string of the molecule is C#CCC(=O)N(C)C1CCCC1CN. The van der Waals surface area contributed by atoms with Crippen molar-refractivity contribution in [2.75, 3.05) is 13.6 Å². The van der Waals surface area contributed by atoms with Crippen molar-refractivity contribution in [3.63, 3.8) is 0 Å². The second kappa shape index (κ2) is 5.02. The van der Waals surface area contributed by atoms with Crippen LogP contribution in [0.2, 0.25) is 0 Å². The van der Waals surface area contributed by atoms with Crippen LogP contribution in [-0.4, -0.2) is 30.4 Å². The van der Waals surface area contributed by atoms with Gasteiger partial charge in [0, 0.05) is 13.1 Å². The molecule has 0 radical (unpaired) electrons. The number of hydrogen-bond acceptors (Lipinski definition) is 2. The number of carbonyl (C=O) groups excluding carboxylic acids is 1. The lowest BCUT2D eigenvalue weighted by Crippen LogP contribution is -2.41. The van der Waals surface area contributed by atoms with Gasteiger partial charge < -0.3 is 10.6 Å². The van der Waals surface area contributed by atoms with E-state index >= 15 is 0 Å². The normalized spacial score (nSPS) is 25.8. The van der Waals surface area contributed by atoms with Gasteiger partial charge >= 0.3 is 0 Å². The van der Waals surface area contributed by atoms with Crippen LogP contribution in [0.25, 0.3) is 0 Å². The summed E-state index contributed by atoms with van der Waals surface area (Å²) in [6.07, 6.45) is 8.67. The van der Waals surface area contributed by atoms with Gasteiger partial charge in [0.15, 0.2) is 0 Å². The molecule has 0 aliphatic heterocycles. The third-order valence-corrected chi connectivity index (χ3v) is 3.07. The summed E-state index contributed by atoms with van der Waals surface area (Å²) < 4.78 is 0. The van der Waals surface area contributed by atoms with E-state index in [1.54, 1.807) is 4.90 Å². The molecule has 0 saturated heterocycles. The molecule has 1 aliphatic rings. The first kappa shape index (κ1) is 11.1. The summed E-state index contributed by atoms with van der Waals surface area (Å²) in [4.78, 5) is 13.3. The molecule has 3 heteroatoms. The molecule has 1 saturated carbocycles. The fourth-order valence-corrected chi connectivity index (χ4v) is 2.20. The summed E-state index contributed by atoms with van der Waals surface area (Å²) in [5, 5.41) is 0. The second-order valence-electron chi connectivity index (χ2n) is 3.88. The van der Waals surface area contributed by atoms with E-state index in [1.165, 1.54) is 6.42 Å². The molecule has 0 spiro atoms. The van der Waals surface area contributed by atoms with Crippen LogP contribution in [0.4, 0.5) is 0 Å². The topological polar surface area (TPSA) is 46.3 Å². The zero-order valence-electron chi connectivity index (χ0n) is 8.70. The molecule has 0 heterocycles. The smallest absolute Gasteiger partial charge is 0.234 e. The molecule has 0 bridgehead atoms. The minimum atomic E-state index is 0.0397. The van der Waals surface area contributed by atoms with E-state index in [0.29, 0.717) is 18.5 Å². The lowest BCUT2D eigenvalue weighted by molar-refractivity contribution is -0.131. The van der Waals surface area contributed by atoms with Gasteiger partial charge in [0.25, 0.3) is 0 Å². The quantitative estimate of drug-likeness (QED) is 0.669. The van der Waals surface area contributed by atoms with Gasteiger partial charge in [-0.05, 0) is 25.3 Å². The van der Waals surface area contributed by atoms with Gasteiger partial charge in [0.05, 0.1) is 6.42 Å². The van der Waals surface area contributed by atoms with Crippen molar-refractivity contribution in [1.29, 1.82) is 0 Å². The number of nitrogens with two attached hydrogens (primary N) is 1. The maximum atomic E-state index is 11.5.